The number of aliphatic carboxylic acids is 2. The lowest BCUT2D eigenvalue weighted by atomic mass is 10.2. The van der Waals surface area contributed by atoms with Crippen molar-refractivity contribution in [2.24, 2.45) is 0 Å². The Morgan fingerprint density at radius 3 is 2.24 bits per heavy atom. The van der Waals surface area contributed by atoms with E-state index in [0.717, 1.165) is 44.0 Å². The lowest BCUT2D eigenvalue weighted by molar-refractivity contribution is -0.134. The normalized spacial score (nSPS) is 13.5. The van der Waals surface area contributed by atoms with Crippen molar-refractivity contribution in [1.29, 1.82) is 0 Å². The topological polar surface area (TPSA) is 147 Å². The number of aromatic nitrogens is 3. The molecule has 224 valence electrons. The number of carboxylic acids is 2. The standard InChI is InChI=1S/C25H30FN5O3.C4H4O4/c1-19-17-30(18-20-6-8-27-9-7-20)25(33)31(24(19)32)11-3-10-28-12-14-29(15-13-28)22-5-4-21(26)16-23(22)34-2;5-3(6)1-2-4(7)8/h4-9,16-17H,3,10-15,18H2,1-2H3;1-2H,(H,5,6)(H,7,8). The molecule has 13 heteroatoms. The van der Waals surface area contributed by atoms with Gasteiger partial charge >= 0.3 is 17.6 Å². The van der Waals surface area contributed by atoms with Gasteiger partial charge in [0.05, 0.1) is 19.3 Å². The summed E-state index contributed by atoms with van der Waals surface area (Å²) in [5.41, 5.74) is 1.88. The molecule has 0 spiro atoms. The summed E-state index contributed by atoms with van der Waals surface area (Å²) in [6.07, 6.45) is 6.83. The van der Waals surface area contributed by atoms with Crippen LogP contribution in [0.25, 0.3) is 0 Å². The first-order valence-electron chi connectivity index (χ1n) is 13.2. The molecule has 0 unspecified atom stereocenters. The van der Waals surface area contributed by atoms with Gasteiger partial charge < -0.3 is 19.8 Å². The predicted molar refractivity (Wildman–Crippen MR) is 154 cm³/mol. The Bertz CT molecular complexity index is 1500. The van der Waals surface area contributed by atoms with E-state index in [1.807, 2.05) is 12.1 Å². The van der Waals surface area contributed by atoms with Crippen LogP contribution in [0.1, 0.15) is 17.5 Å². The number of ether oxygens (including phenoxy) is 1. The Morgan fingerprint density at radius 1 is 1.00 bits per heavy atom. The third-order valence-electron chi connectivity index (χ3n) is 6.59. The second-order valence-corrected chi connectivity index (χ2v) is 9.54. The molecular formula is C29H34FN5O7. The van der Waals surface area contributed by atoms with Crippen LogP contribution in [0.3, 0.4) is 0 Å². The Hall–Kier alpha value is -4.78. The van der Waals surface area contributed by atoms with Crippen LogP contribution < -0.4 is 20.9 Å². The van der Waals surface area contributed by atoms with Gasteiger partial charge in [-0.3, -0.25) is 23.8 Å². The minimum Gasteiger partial charge on any atom is -0.494 e. The predicted octanol–water partition coefficient (Wildman–Crippen LogP) is 1.83. The van der Waals surface area contributed by atoms with Crippen LogP contribution in [0.4, 0.5) is 10.1 Å². The van der Waals surface area contributed by atoms with Crippen molar-refractivity contribution in [3.63, 3.8) is 0 Å². The molecule has 0 atom stereocenters. The highest BCUT2D eigenvalue weighted by molar-refractivity contribution is 5.89. The molecule has 1 saturated heterocycles. The zero-order valence-electron chi connectivity index (χ0n) is 23.5. The summed E-state index contributed by atoms with van der Waals surface area (Å²) in [6.45, 7) is 6.59. The molecular weight excluding hydrogens is 549 g/mol. The number of aryl methyl sites for hydroxylation is 1. The summed E-state index contributed by atoms with van der Waals surface area (Å²) in [6, 6.07) is 8.33. The molecule has 1 aliphatic heterocycles. The fraction of sp³-hybridized carbons (Fsp3) is 0.345. The highest BCUT2D eigenvalue weighted by Gasteiger charge is 2.20. The zero-order chi connectivity index (χ0) is 30.6. The zero-order valence-corrected chi connectivity index (χ0v) is 23.5. The number of methoxy groups -OCH3 is 1. The largest absolute Gasteiger partial charge is 0.494 e. The average molecular weight is 584 g/mol. The van der Waals surface area contributed by atoms with Gasteiger partial charge in [-0.05, 0) is 49.7 Å². The molecule has 2 N–H and O–H groups in total. The molecule has 3 aromatic rings. The summed E-state index contributed by atoms with van der Waals surface area (Å²) in [5, 5.41) is 15.6. The second kappa shape index (κ2) is 15.3. The third-order valence-corrected chi connectivity index (χ3v) is 6.59. The SMILES string of the molecule is COc1cc(F)ccc1N1CCN(CCCn2c(=O)c(C)cn(Cc3ccncc3)c2=O)CC1.O=C(O)C=CC(=O)O. The highest BCUT2D eigenvalue weighted by Crippen LogP contribution is 2.29. The number of rotatable bonds is 10. The maximum atomic E-state index is 13.5. The highest BCUT2D eigenvalue weighted by atomic mass is 19.1. The number of nitrogens with zero attached hydrogens (tertiary/aromatic N) is 5. The first-order valence-corrected chi connectivity index (χ1v) is 13.2. The first-order chi connectivity index (χ1) is 20.1. The molecule has 1 aliphatic rings. The summed E-state index contributed by atoms with van der Waals surface area (Å²) >= 11 is 0. The van der Waals surface area contributed by atoms with Crippen molar-refractivity contribution in [3.05, 3.63) is 98.9 Å². The summed E-state index contributed by atoms with van der Waals surface area (Å²) in [7, 11) is 1.55. The molecule has 42 heavy (non-hydrogen) atoms. The second-order valence-electron chi connectivity index (χ2n) is 9.54. The summed E-state index contributed by atoms with van der Waals surface area (Å²) in [4.78, 5) is 53.2. The molecule has 1 aromatic carbocycles. The molecule has 3 heterocycles. The maximum absolute atomic E-state index is 13.5. The van der Waals surface area contributed by atoms with Crippen molar-refractivity contribution in [2.45, 2.75) is 26.4 Å². The first kappa shape index (κ1) is 31.7. The van der Waals surface area contributed by atoms with E-state index in [1.165, 1.54) is 16.7 Å². The van der Waals surface area contributed by atoms with Crippen molar-refractivity contribution in [1.82, 2.24) is 19.0 Å². The van der Waals surface area contributed by atoms with Gasteiger partial charge in [0, 0.05) is 75.1 Å². The maximum Gasteiger partial charge on any atom is 0.331 e. The van der Waals surface area contributed by atoms with Gasteiger partial charge in [-0.2, -0.15) is 0 Å². The Kier molecular flexibility index (Phi) is 11.6. The van der Waals surface area contributed by atoms with Gasteiger partial charge in [-0.25, -0.2) is 18.8 Å². The smallest absolute Gasteiger partial charge is 0.331 e. The van der Waals surface area contributed by atoms with E-state index in [-0.39, 0.29) is 17.1 Å². The summed E-state index contributed by atoms with van der Waals surface area (Å²) in [5.74, 6) is -2.29. The van der Waals surface area contributed by atoms with Gasteiger partial charge in [0.15, 0.2) is 0 Å². The van der Waals surface area contributed by atoms with Gasteiger partial charge in [0.1, 0.15) is 11.6 Å². The molecule has 1 fully saturated rings. The number of hydrogen-bond donors (Lipinski definition) is 2. The Balaban J connectivity index is 0.000000531. The van der Waals surface area contributed by atoms with Crippen molar-refractivity contribution < 1.29 is 28.9 Å². The van der Waals surface area contributed by atoms with Crippen LogP contribution in [0, 0.1) is 12.7 Å². The number of pyridine rings is 1. The fourth-order valence-corrected chi connectivity index (χ4v) is 4.51. The van der Waals surface area contributed by atoms with Gasteiger partial charge in [0.2, 0.25) is 0 Å². The van der Waals surface area contributed by atoms with Gasteiger partial charge in [-0.15, -0.1) is 0 Å². The van der Waals surface area contributed by atoms with E-state index < -0.39 is 11.9 Å². The number of benzene rings is 1. The quantitative estimate of drug-likeness (QED) is 0.339. The number of hydrogen-bond acceptors (Lipinski definition) is 8. The number of carboxylic acid groups (broad SMARTS) is 2. The monoisotopic (exact) mass is 583 g/mol. The average Bonchev–Trinajstić information content (AvgIpc) is 2.98. The number of carbonyl (C=O) groups is 2. The minimum atomic E-state index is -1.26. The molecule has 2 aromatic heterocycles. The molecule has 0 amide bonds. The van der Waals surface area contributed by atoms with Crippen LogP contribution in [0.5, 0.6) is 5.75 Å². The number of anilines is 1. The number of piperazine rings is 1. The van der Waals surface area contributed by atoms with Crippen LogP contribution in [0.15, 0.2) is 70.7 Å². The van der Waals surface area contributed by atoms with Gasteiger partial charge in [-0.1, -0.05) is 0 Å². The lowest BCUT2D eigenvalue weighted by Gasteiger charge is -2.36. The molecule has 0 saturated carbocycles. The molecule has 0 bridgehead atoms. The summed E-state index contributed by atoms with van der Waals surface area (Å²) < 4.78 is 21.8. The molecule has 0 aliphatic carbocycles. The van der Waals surface area contributed by atoms with E-state index in [2.05, 4.69) is 14.8 Å². The Labute approximate surface area is 241 Å². The van der Waals surface area contributed by atoms with Crippen molar-refractivity contribution in [2.75, 3.05) is 44.7 Å². The van der Waals surface area contributed by atoms with Crippen molar-refractivity contribution in [3.8, 4) is 5.75 Å². The van der Waals surface area contributed by atoms with Crippen LogP contribution in [-0.2, 0) is 22.7 Å². The van der Waals surface area contributed by atoms with E-state index in [9.17, 15) is 23.6 Å². The lowest BCUT2D eigenvalue weighted by Crippen LogP contribution is -2.47. The number of halogens is 1. The van der Waals surface area contributed by atoms with Crippen LogP contribution in [-0.4, -0.2) is 81.0 Å². The fourth-order valence-electron chi connectivity index (χ4n) is 4.51. The molecule has 0 radical (unpaired) electrons. The van der Waals surface area contributed by atoms with Crippen LogP contribution in [0.2, 0.25) is 0 Å². The third kappa shape index (κ3) is 9.13. The molecule has 4 rings (SSSR count). The van der Waals surface area contributed by atoms with Crippen LogP contribution >= 0.6 is 0 Å². The van der Waals surface area contributed by atoms with E-state index in [1.54, 1.807) is 43.3 Å². The van der Waals surface area contributed by atoms with E-state index in [0.29, 0.717) is 43.0 Å². The Morgan fingerprint density at radius 2 is 1.64 bits per heavy atom. The minimum absolute atomic E-state index is 0.232. The van der Waals surface area contributed by atoms with E-state index in [4.69, 9.17) is 14.9 Å². The van der Waals surface area contributed by atoms with Crippen molar-refractivity contribution >= 4 is 17.6 Å². The molecule has 12 nitrogen and oxygen atoms in total. The van der Waals surface area contributed by atoms with E-state index >= 15 is 0 Å². The van der Waals surface area contributed by atoms with Gasteiger partial charge in [0.25, 0.3) is 5.56 Å².